The maximum Gasteiger partial charge on any atom is 0.270 e. The lowest BCUT2D eigenvalue weighted by molar-refractivity contribution is 0.0299. The lowest BCUT2D eigenvalue weighted by Gasteiger charge is -2.26. The average molecular weight is 336 g/mol. The molecular weight excluding hydrogens is 316 g/mol. The molecule has 1 N–H and O–H groups in total. The Balaban J connectivity index is 1.54. The number of nitrogens with one attached hydrogen (secondary N) is 1. The minimum Gasteiger partial charge on any atom is -0.378 e. The van der Waals surface area contributed by atoms with Gasteiger partial charge < -0.3 is 14.6 Å². The third-order valence-electron chi connectivity index (χ3n) is 4.55. The second-order valence-electron chi connectivity index (χ2n) is 6.12. The van der Waals surface area contributed by atoms with Gasteiger partial charge in [-0.15, -0.1) is 0 Å². The molecule has 1 saturated heterocycles. The van der Waals surface area contributed by atoms with Crippen LogP contribution in [0.3, 0.4) is 0 Å². The van der Waals surface area contributed by atoms with E-state index in [1.54, 1.807) is 6.20 Å². The Labute approximate surface area is 146 Å². The number of carbonyl (C=O) groups excluding carboxylic acids is 1. The van der Waals surface area contributed by atoms with Crippen molar-refractivity contribution >= 4 is 5.91 Å². The van der Waals surface area contributed by atoms with E-state index >= 15 is 0 Å². The largest absolute Gasteiger partial charge is 0.378 e. The van der Waals surface area contributed by atoms with Gasteiger partial charge in [-0.2, -0.15) is 5.10 Å². The number of nitrogens with zero attached hydrogens (tertiary/aromatic N) is 3. The molecule has 0 spiro atoms. The van der Waals surface area contributed by atoms with Gasteiger partial charge in [0.2, 0.25) is 0 Å². The third-order valence-corrected chi connectivity index (χ3v) is 4.55. The molecule has 128 valence electrons. The normalized spacial score (nSPS) is 14.7. The molecule has 0 saturated carbocycles. The van der Waals surface area contributed by atoms with Crippen molar-refractivity contribution in [1.29, 1.82) is 0 Å². The number of ether oxygens (including phenoxy) is 1. The smallest absolute Gasteiger partial charge is 0.270 e. The summed E-state index contributed by atoms with van der Waals surface area (Å²) in [6.07, 6.45) is 3.67. The van der Waals surface area contributed by atoms with Crippen LogP contribution in [0.5, 0.6) is 0 Å². The van der Waals surface area contributed by atoms with Crippen molar-refractivity contribution < 1.29 is 9.53 Å². The Morgan fingerprint density at radius 3 is 2.48 bits per heavy atom. The predicted octanol–water partition coefficient (Wildman–Crippen LogP) is 2.55. The van der Waals surface area contributed by atoms with Crippen LogP contribution in [0.1, 0.15) is 10.5 Å². The molecule has 3 aromatic rings. The van der Waals surface area contributed by atoms with Gasteiger partial charge in [0.15, 0.2) is 0 Å². The van der Waals surface area contributed by atoms with E-state index in [1.807, 2.05) is 35.0 Å². The lowest BCUT2D eigenvalue weighted by atomic mass is 10.0. The molecule has 0 bridgehead atoms. The highest BCUT2D eigenvalue weighted by Crippen LogP contribution is 2.25. The van der Waals surface area contributed by atoms with Crippen LogP contribution in [-0.2, 0) is 11.8 Å². The van der Waals surface area contributed by atoms with Gasteiger partial charge in [-0.3, -0.25) is 9.48 Å². The van der Waals surface area contributed by atoms with E-state index < -0.39 is 0 Å². The molecule has 2 aromatic heterocycles. The van der Waals surface area contributed by atoms with Gasteiger partial charge in [0, 0.05) is 32.5 Å². The Morgan fingerprint density at radius 1 is 1.08 bits per heavy atom. The van der Waals surface area contributed by atoms with Crippen molar-refractivity contribution in [3.8, 4) is 22.4 Å². The van der Waals surface area contributed by atoms with E-state index in [4.69, 9.17) is 4.74 Å². The lowest BCUT2D eigenvalue weighted by Crippen LogP contribution is -2.40. The molecule has 0 atom stereocenters. The van der Waals surface area contributed by atoms with Gasteiger partial charge in [-0.25, -0.2) is 0 Å². The molecule has 1 fully saturated rings. The van der Waals surface area contributed by atoms with Crippen molar-refractivity contribution in [2.45, 2.75) is 0 Å². The first-order valence-electron chi connectivity index (χ1n) is 8.36. The van der Waals surface area contributed by atoms with Crippen LogP contribution in [0.25, 0.3) is 22.4 Å². The Hall–Kier alpha value is -2.86. The first-order chi connectivity index (χ1) is 12.2. The van der Waals surface area contributed by atoms with Crippen LogP contribution in [0.2, 0.25) is 0 Å². The maximum absolute atomic E-state index is 12.5. The summed E-state index contributed by atoms with van der Waals surface area (Å²) < 4.78 is 7.15. The fourth-order valence-electron chi connectivity index (χ4n) is 3.11. The summed E-state index contributed by atoms with van der Waals surface area (Å²) in [4.78, 5) is 17.5. The van der Waals surface area contributed by atoms with Crippen molar-refractivity contribution in [2.75, 3.05) is 26.3 Å². The third kappa shape index (κ3) is 3.08. The molecule has 1 amide bonds. The van der Waals surface area contributed by atoms with E-state index in [-0.39, 0.29) is 5.91 Å². The Bertz CT molecular complexity index is 873. The second kappa shape index (κ2) is 6.57. The van der Waals surface area contributed by atoms with Gasteiger partial charge in [0.25, 0.3) is 5.91 Å². The molecule has 4 rings (SSSR count). The molecule has 0 aliphatic carbocycles. The topological polar surface area (TPSA) is 63.2 Å². The van der Waals surface area contributed by atoms with Crippen LogP contribution in [0, 0.1) is 0 Å². The van der Waals surface area contributed by atoms with Crippen molar-refractivity contribution in [3.05, 3.63) is 54.5 Å². The first kappa shape index (κ1) is 15.7. The number of aryl methyl sites for hydroxylation is 1. The molecule has 0 radical (unpaired) electrons. The van der Waals surface area contributed by atoms with Crippen LogP contribution < -0.4 is 0 Å². The molecule has 1 aromatic carbocycles. The minimum absolute atomic E-state index is 0.0288. The number of rotatable bonds is 3. The molecule has 25 heavy (non-hydrogen) atoms. The highest BCUT2D eigenvalue weighted by molar-refractivity contribution is 5.94. The molecule has 0 unspecified atom stereocenters. The van der Waals surface area contributed by atoms with Crippen molar-refractivity contribution in [2.24, 2.45) is 7.05 Å². The van der Waals surface area contributed by atoms with E-state index in [2.05, 4.69) is 34.3 Å². The van der Waals surface area contributed by atoms with Crippen LogP contribution in [0.15, 0.2) is 48.8 Å². The number of aromatic nitrogens is 3. The summed E-state index contributed by atoms with van der Waals surface area (Å²) in [5, 5.41) is 4.20. The fraction of sp³-hybridized carbons (Fsp3) is 0.263. The predicted molar refractivity (Wildman–Crippen MR) is 95.2 cm³/mol. The summed E-state index contributed by atoms with van der Waals surface area (Å²) in [5.41, 5.74) is 4.89. The van der Waals surface area contributed by atoms with E-state index in [9.17, 15) is 4.79 Å². The summed E-state index contributed by atoms with van der Waals surface area (Å²) >= 11 is 0. The molecule has 6 nitrogen and oxygen atoms in total. The number of H-pyrrole nitrogens is 1. The number of amides is 1. The van der Waals surface area contributed by atoms with Gasteiger partial charge in [0.1, 0.15) is 5.69 Å². The minimum atomic E-state index is 0.0288. The van der Waals surface area contributed by atoms with Crippen molar-refractivity contribution in [1.82, 2.24) is 19.7 Å². The zero-order chi connectivity index (χ0) is 17.2. The zero-order valence-electron chi connectivity index (χ0n) is 14.1. The fourth-order valence-corrected chi connectivity index (χ4v) is 3.11. The van der Waals surface area contributed by atoms with Gasteiger partial charge >= 0.3 is 0 Å². The summed E-state index contributed by atoms with van der Waals surface area (Å²) in [7, 11) is 1.93. The van der Waals surface area contributed by atoms with Gasteiger partial charge in [-0.05, 0) is 28.8 Å². The molecule has 1 aliphatic heterocycles. The maximum atomic E-state index is 12.5. The van der Waals surface area contributed by atoms with Crippen LogP contribution >= 0.6 is 0 Å². The van der Waals surface area contributed by atoms with E-state index in [0.717, 1.165) is 22.4 Å². The number of hydrogen-bond donors (Lipinski definition) is 1. The quantitative estimate of drug-likeness (QED) is 0.799. The number of aromatic amines is 1. The van der Waals surface area contributed by atoms with Crippen molar-refractivity contribution in [3.63, 3.8) is 0 Å². The van der Waals surface area contributed by atoms with Crippen LogP contribution in [0.4, 0.5) is 0 Å². The van der Waals surface area contributed by atoms with Gasteiger partial charge in [-0.1, -0.05) is 24.3 Å². The van der Waals surface area contributed by atoms with Gasteiger partial charge in [0.05, 0.1) is 18.9 Å². The standard InChI is InChI=1S/C19H20N4O2/c1-22-18(6-7-21-22)15-4-2-14(3-5-15)16-12-17(20-13-16)19(24)23-8-10-25-11-9-23/h2-7,12-13,20H,8-11H2,1H3. The first-order valence-corrected chi connectivity index (χ1v) is 8.36. The SMILES string of the molecule is Cn1nccc1-c1ccc(-c2c[nH]c(C(=O)N3CCOCC3)c2)cc1. The number of benzene rings is 1. The Morgan fingerprint density at radius 2 is 1.80 bits per heavy atom. The summed E-state index contributed by atoms with van der Waals surface area (Å²) in [6.45, 7) is 2.50. The highest BCUT2D eigenvalue weighted by Gasteiger charge is 2.20. The van der Waals surface area contributed by atoms with E-state index in [1.165, 1.54) is 0 Å². The second-order valence-corrected chi connectivity index (χ2v) is 6.12. The average Bonchev–Trinajstić information content (AvgIpc) is 3.31. The highest BCUT2D eigenvalue weighted by atomic mass is 16.5. The zero-order valence-corrected chi connectivity index (χ0v) is 14.1. The monoisotopic (exact) mass is 336 g/mol. The summed E-state index contributed by atoms with van der Waals surface area (Å²) in [5.74, 6) is 0.0288. The van der Waals surface area contributed by atoms with E-state index in [0.29, 0.717) is 32.0 Å². The summed E-state index contributed by atoms with van der Waals surface area (Å²) in [6, 6.07) is 12.2. The molecular formula is C19H20N4O2. The van der Waals surface area contributed by atoms with Crippen LogP contribution in [-0.4, -0.2) is 51.9 Å². The molecule has 6 heteroatoms. The number of carbonyl (C=O) groups is 1. The Kier molecular flexibility index (Phi) is 4.11. The number of morpholine rings is 1. The molecule has 1 aliphatic rings. The number of hydrogen-bond acceptors (Lipinski definition) is 3. The molecule has 3 heterocycles.